The van der Waals surface area contributed by atoms with Crippen molar-refractivity contribution in [3.05, 3.63) is 54.1 Å². The second kappa shape index (κ2) is 8.69. The van der Waals surface area contributed by atoms with E-state index < -0.39 is 6.10 Å². The number of carbonyl (C=O) groups excluding carboxylic acids is 1. The summed E-state index contributed by atoms with van der Waals surface area (Å²) < 4.78 is 16.7. The molecule has 1 fully saturated rings. The Balaban J connectivity index is 1.52. The highest BCUT2D eigenvalue weighted by molar-refractivity contribution is 5.81. The quantitative estimate of drug-likeness (QED) is 0.797. The summed E-state index contributed by atoms with van der Waals surface area (Å²) in [4.78, 5) is 12.1. The van der Waals surface area contributed by atoms with Gasteiger partial charge in [0.2, 0.25) is 5.91 Å². The van der Waals surface area contributed by atoms with Gasteiger partial charge in [-0.05, 0) is 42.7 Å². The van der Waals surface area contributed by atoms with Gasteiger partial charge in [0.1, 0.15) is 11.9 Å². The summed E-state index contributed by atoms with van der Waals surface area (Å²) in [5.41, 5.74) is 6.56. The van der Waals surface area contributed by atoms with Gasteiger partial charge in [-0.15, -0.1) is 0 Å². The van der Waals surface area contributed by atoms with Gasteiger partial charge >= 0.3 is 0 Å². The van der Waals surface area contributed by atoms with Crippen molar-refractivity contribution in [2.45, 2.75) is 31.6 Å². The summed E-state index contributed by atoms with van der Waals surface area (Å²) in [5, 5.41) is 2.91. The Labute approximate surface area is 153 Å². The maximum atomic E-state index is 12.1. The van der Waals surface area contributed by atoms with Crippen molar-refractivity contribution in [2.24, 2.45) is 5.73 Å². The first kappa shape index (κ1) is 18.2. The molecule has 2 atom stereocenters. The van der Waals surface area contributed by atoms with Crippen molar-refractivity contribution in [3.63, 3.8) is 0 Å². The van der Waals surface area contributed by atoms with E-state index in [1.807, 2.05) is 48.5 Å². The third-order valence-electron chi connectivity index (χ3n) is 4.35. The van der Waals surface area contributed by atoms with Crippen LogP contribution < -0.4 is 20.5 Å². The minimum atomic E-state index is -0.392. The van der Waals surface area contributed by atoms with Crippen molar-refractivity contribution < 1.29 is 19.0 Å². The van der Waals surface area contributed by atoms with E-state index in [4.69, 9.17) is 19.9 Å². The molecule has 6 nitrogen and oxygen atoms in total. The fourth-order valence-electron chi connectivity index (χ4n) is 2.88. The predicted octanol–water partition coefficient (Wildman–Crippen LogP) is 2.61. The normalized spacial score (nSPS) is 19.2. The Morgan fingerprint density at radius 1 is 1.15 bits per heavy atom. The smallest absolute Gasteiger partial charge is 0.249 e. The Hall–Kier alpha value is -2.57. The van der Waals surface area contributed by atoms with Gasteiger partial charge in [0.15, 0.2) is 11.5 Å². The molecule has 3 N–H and O–H groups in total. The summed E-state index contributed by atoms with van der Waals surface area (Å²) in [5.74, 6) is 1.95. The molecule has 2 aromatic carbocycles. The molecule has 26 heavy (non-hydrogen) atoms. The molecular weight excluding hydrogens is 332 g/mol. The molecule has 0 aliphatic carbocycles. The van der Waals surface area contributed by atoms with E-state index in [2.05, 4.69) is 5.32 Å². The van der Waals surface area contributed by atoms with E-state index >= 15 is 0 Å². The van der Waals surface area contributed by atoms with Gasteiger partial charge in [-0.1, -0.05) is 24.3 Å². The average Bonchev–Trinajstić information content (AvgIpc) is 3.17. The van der Waals surface area contributed by atoms with Gasteiger partial charge in [-0.25, -0.2) is 0 Å². The minimum absolute atomic E-state index is 0.00263. The lowest BCUT2D eigenvalue weighted by Gasteiger charge is -2.13. The third-order valence-corrected chi connectivity index (χ3v) is 4.35. The second-order valence-electron chi connectivity index (χ2n) is 6.17. The molecule has 0 spiro atoms. The molecule has 0 unspecified atom stereocenters. The third kappa shape index (κ3) is 4.53. The molecule has 138 valence electrons. The van der Waals surface area contributed by atoms with Gasteiger partial charge in [-0.2, -0.15) is 0 Å². The molecular formula is C20H24N2O4. The number of benzene rings is 2. The van der Waals surface area contributed by atoms with Crippen LogP contribution in [0.1, 0.15) is 18.4 Å². The Morgan fingerprint density at radius 3 is 2.54 bits per heavy atom. The Morgan fingerprint density at radius 2 is 1.88 bits per heavy atom. The van der Waals surface area contributed by atoms with Crippen molar-refractivity contribution in [3.8, 4) is 17.2 Å². The number of hydrogen-bond acceptors (Lipinski definition) is 5. The Bertz CT molecular complexity index is 733. The number of rotatable bonds is 7. The second-order valence-corrected chi connectivity index (χ2v) is 6.17. The van der Waals surface area contributed by atoms with Crippen LogP contribution in [0.3, 0.4) is 0 Å². The number of ether oxygens (including phenoxy) is 3. The van der Waals surface area contributed by atoms with Crippen LogP contribution in [0.25, 0.3) is 0 Å². The van der Waals surface area contributed by atoms with Crippen LogP contribution in [0.2, 0.25) is 0 Å². The fourth-order valence-corrected chi connectivity index (χ4v) is 2.88. The lowest BCUT2D eigenvalue weighted by Crippen LogP contribution is -2.35. The van der Waals surface area contributed by atoms with Crippen LogP contribution >= 0.6 is 0 Å². The minimum Gasteiger partial charge on any atom is -0.493 e. The van der Waals surface area contributed by atoms with Crippen molar-refractivity contribution >= 4 is 5.91 Å². The highest BCUT2D eigenvalue weighted by Crippen LogP contribution is 2.30. The molecule has 0 bridgehead atoms. The topological polar surface area (TPSA) is 82.8 Å². The van der Waals surface area contributed by atoms with Gasteiger partial charge < -0.3 is 25.3 Å². The van der Waals surface area contributed by atoms with E-state index in [1.54, 1.807) is 7.11 Å². The van der Waals surface area contributed by atoms with E-state index in [0.29, 0.717) is 30.3 Å². The molecule has 1 aliphatic rings. The summed E-state index contributed by atoms with van der Waals surface area (Å²) in [7, 11) is 1.61. The fraction of sp³-hybridized carbons (Fsp3) is 0.350. The average molecular weight is 356 g/mol. The summed E-state index contributed by atoms with van der Waals surface area (Å²) >= 11 is 0. The molecule has 1 heterocycles. The first-order valence-electron chi connectivity index (χ1n) is 8.72. The molecule has 1 amide bonds. The molecule has 0 aromatic heterocycles. The van der Waals surface area contributed by atoms with Crippen molar-refractivity contribution in [1.82, 2.24) is 5.32 Å². The standard InChI is InChI=1S/C20H24N2O4/c1-24-17-4-2-3-5-18(17)25-15-8-6-14(7-9-15)13-22-20(23)19-11-10-16(12-21)26-19/h2-9,16,19H,10-13,21H2,1H3,(H,22,23)/t16-,19+/m1/s1. The Kier molecular flexibility index (Phi) is 6.09. The van der Waals surface area contributed by atoms with Crippen LogP contribution in [0.5, 0.6) is 17.2 Å². The molecule has 2 aromatic rings. The zero-order valence-electron chi connectivity index (χ0n) is 14.8. The van der Waals surface area contributed by atoms with Crippen molar-refractivity contribution in [1.29, 1.82) is 0 Å². The number of nitrogens with two attached hydrogens (primary N) is 1. The maximum Gasteiger partial charge on any atom is 0.249 e. The van der Waals surface area contributed by atoms with Crippen molar-refractivity contribution in [2.75, 3.05) is 13.7 Å². The number of hydrogen-bond donors (Lipinski definition) is 2. The lowest BCUT2D eigenvalue weighted by atomic mass is 10.1. The van der Waals surface area contributed by atoms with Gasteiger partial charge in [-0.3, -0.25) is 4.79 Å². The van der Waals surface area contributed by atoms with Gasteiger partial charge in [0, 0.05) is 13.1 Å². The van der Waals surface area contributed by atoms with Gasteiger partial charge in [0.05, 0.1) is 13.2 Å². The molecule has 6 heteroatoms. The largest absolute Gasteiger partial charge is 0.493 e. The summed E-state index contributed by atoms with van der Waals surface area (Å²) in [6.07, 6.45) is 1.16. The van der Waals surface area contributed by atoms with E-state index in [0.717, 1.165) is 18.4 Å². The number of nitrogens with one attached hydrogen (secondary N) is 1. The highest BCUT2D eigenvalue weighted by Gasteiger charge is 2.29. The van der Waals surface area contributed by atoms with Crippen LogP contribution in [0.15, 0.2) is 48.5 Å². The highest BCUT2D eigenvalue weighted by atomic mass is 16.5. The zero-order valence-corrected chi connectivity index (χ0v) is 14.8. The summed E-state index contributed by atoms with van der Waals surface area (Å²) in [6, 6.07) is 15.0. The van der Waals surface area contributed by atoms with Crippen LogP contribution in [-0.2, 0) is 16.1 Å². The predicted molar refractivity (Wildman–Crippen MR) is 98.3 cm³/mol. The molecule has 1 saturated heterocycles. The number of methoxy groups -OCH3 is 1. The number of amides is 1. The van der Waals surface area contributed by atoms with Crippen LogP contribution in [-0.4, -0.2) is 31.8 Å². The molecule has 1 aliphatic heterocycles. The van der Waals surface area contributed by atoms with Crippen LogP contribution in [0.4, 0.5) is 0 Å². The monoisotopic (exact) mass is 356 g/mol. The molecule has 3 rings (SSSR count). The van der Waals surface area contributed by atoms with E-state index in [-0.39, 0.29) is 12.0 Å². The van der Waals surface area contributed by atoms with Crippen LogP contribution in [0, 0.1) is 0 Å². The summed E-state index contributed by atoms with van der Waals surface area (Å²) in [6.45, 7) is 0.901. The van der Waals surface area contributed by atoms with Gasteiger partial charge in [0.25, 0.3) is 0 Å². The lowest BCUT2D eigenvalue weighted by molar-refractivity contribution is -0.132. The zero-order chi connectivity index (χ0) is 18.4. The first-order valence-corrected chi connectivity index (χ1v) is 8.72. The van der Waals surface area contributed by atoms with E-state index in [1.165, 1.54) is 0 Å². The molecule has 0 radical (unpaired) electrons. The van der Waals surface area contributed by atoms with E-state index in [9.17, 15) is 4.79 Å². The molecule has 0 saturated carbocycles. The SMILES string of the molecule is COc1ccccc1Oc1ccc(CNC(=O)[C@@H]2CC[C@H](CN)O2)cc1. The number of para-hydroxylation sites is 2. The maximum absolute atomic E-state index is 12.1. The first-order chi connectivity index (χ1) is 12.7. The number of carbonyl (C=O) groups is 1.